The van der Waals surface area contributed by atoms with Crippen LogP contribution < -0.4 is 11.1 Å². The summed E-state index contributed by atoms with van der Waals surface area (Å²) in [6.07, 6.45) is -2.92. The fraction of sp³-hybridized carbons (Fsp3) is 0.0833. The maximum Gasteiger partial charge on any atom is 0.430 e. The van der Waals surface area contributed by atoms with E-state index in [0.29, 0.717) is 11.6 Å². The Hall–Kier alpha value is -4.56. The predicted octanol–water partition coefficient (Wildman–Crippen LogP) is 4.29. The van der Waals surface area contributed by atoms with Crippen molar-refractivity contribution in [1.29, 1.82) is 5.26 Å². The number of benzene rings is 2. The third-order valence-corrected chi connectivity index (χ3v) is 4.65. The molecule has 7 nitrogen and oxygen atoms in total. The lowest BCUT2D eigenvalue weighted by molar-refractivity contribution is -0.110. The smallest absolute Gasteiger partial charge is 0.395 e. The zero-order chi connectivity index (χ0) is 25.6. The van der Waals surface area contributed by atoms with Gasteiger partial charge in [-0.3, -0.25) is 9.78 Å². The van der Waals surface area contributed by atoms with Gasteiger partial charge in [0, 0.05) is 12.4 Å². The van der Waals surface area contributed by atoms with Crippen LogP contribution in [0.25, 0.3) is 0 Å². The van der Waals surface area contributed by atoms with E-state index in [1.807, 2.05) is 6.07 Å². The number of aliphatic hydroxyl groups excluding tert-OH is 1. The van der Waals surface area contributed by atoms with Crippen molar-refractivity contribution in [2.24, 2.45) is 10.7 Å². The average Bonchev–Trinajstić information content (AvgIpc) is 2.84. The molecule has 0 aliphatic carbocycles. The molecule has 35 heavy (non-hydrogen) atoms. The monoisotopic (exact) mass is 483 g/mol. The summed E-state index contributed by atoms with van der Waals surface area (Å²) in [4.78, 5) is 20.5. The Labute approximate surface area is 196 Å². The number of aliphatic imine (C=N–C) groups is 1. The van der Waals surface area contributed by atoms with Crippen molar-refractivity contribution in [2.45, 2.75) is 12.3 Å². The molecular formula is C24H17F4N5O2. The van der Waals surface area contributed by atoms with Gasteiger partial charge in [-0.05, 0) is 59.7 Å². The van der Waals surface area contributed by atoms with Crippen molar-refractivity contribution in [2.75, 3.05) is 5.32 Å². The van der Waals surface area contributed by atoms with E-state index in [4.69, 9.17) is 11.0 Å². The number of nitrogens with two attached hydrogens (primary N) is 1. The van der Waals surface area contributed by atoms with E-state index in [1.165, 1.54) is 54.9 Å². The van der Waals surface area contributed by atoms with Gasteiger partial charge in [-0.1, -0.05) is 12.1 Å². The fourth-order valence-electron chi connectivity index (χ4n) is 2.90. The van der Waals surface area contributed by atoms with Gasteiger partial charge in [-0.25, -0.2) is 9.38 Å². The van der Waals surface area contributed by atoms with Gasteiger partial charge in [0.05, 0.1) is 23.0 Å². The van der Waals surface area contributed by atoms with Crippen LogP contribution in [0.2, 0.25) is 0 Å². The van der Waals surface area contributed by atoms with E-state index >= 15 is 0 Å². The molecular weight excluding hydrogens is 466 g/mol. The second-order valence-electron chi connectivity index (χ2n) is 7.13. The number of rotatable bonds is 6. The molecule has 0 aliphatic rings. The molecule has 1 amide bonds. The highest BCUT2D eigenvalue weighted by Gasteiger charge is 2.32. The maximum atomic E-state index is 14.4. The summed E-state index contributed by atoms with van der Waals surface area (Å²) in [5, 5.41) is 21.7. The Morgan fingerprint density at radius 1 is 1.14 bits per heavy atom. The van der Waals surface area contributed by atoms with E-state index < -0.39 is 41.1 Å². The van der Waals surface area contributed by atoms with Crippen molar-refractivity contribution in [3.05, 3.63) is 101 Å². The second-order valence-corrected chi connectivity index (χ2v) is 7.13. The topological polar surface area (TPSA) is 124 Å². The number of halogens is 4. The first-order valence-corrected chi connectivity index (χ1v) is 9.90. The van der Waals surface area contributed by atoms with Crippen LogP contribution in [0.4, 0.5) is 28.9 Å². The first-order chi connectivity index (χ1) is 16.6. The Kier molecular flexibility index (Phi) is 7.58. The Morgan fingerprint density at radius 3 is 2.51 bits per heavy atom. The zero-order valence-electron chi connectivity index (χ0n) is 17.8. The number of alkyl halides is 3. The summed E-state index contributed by atoms with van der Waals surface area (Å²) in [7, 11) is 0. The molecule has 3 aromatic rings. The van der Waals surface area contributed by atoms with Crippen molar-refractivity contribution in [1.82, 2.24) is 4.98 Å². The minimum Gasteiger partial charge on any atom is -0.395 e. The molecule has 2 aromatic carbocycles. The molecule has 0 saturated heterocycles. The number of hydrogen-bond acceptors (Lipinski definition) is 6. The first-order valence-electron chi connectivity index (χ1n) is 9.90. The Morgan fingerprint density at radius 2 is 1.86 bits per heavy atom. The highest BCUT2D eigenvalue weighted by molar-refractivity contribution is 6.47. The van der Waals surface area contributed by atoms with Crippen LogP contribution in [0.5, 0.6) is 0 Å². The predicted molar refractivity (Wildman–Crippen MR) is 120 cm³/mol. The van der Waals surface area contributed by atoms with E-state index in [1.54, 1.807) is 0 Å². The van der Waals surface area contributed by atoms with Crippen LogP contribution in [0, 0.1) is 17.1 Å². The largest absolute Gasteiger partial charge is 0.430 e. The normalized spacial score (nSPS) is 13.1. The van der Waals surface area contributed by atoms with Gasteiger partial charge in [0.15, 0.2) is 0 Å². The van der Waals surface area contributed by atoms with Crippen LogP contribution in [-0.4, -0.2) is 27.9 Å². The zero-order valence-corrected chi connectivity index (χ0v) is 17.8. The van der Waals surface area contributed by atoms with E-state index in [-0.39, 0.29) is 16.8 Å². The van der Waals surface area contributed by atoms with Crippen LogP contribution in [0.1, 0.15) is 22.8 Å². The third kappa shape index (κ3) is 6.49. The number of aromatic nitrogens is 1. The quantitative estimate of drug-likeness (QED) is 0.356. The van der Waals surface area contributed by atoms with Crippen molar-refractivity contribution < 1.29 is 27.5 Å². The first kappa shape index (κ1) is 25.1. The molecule has 1 unspecified atom stereocenters. The van der Waals surface area contributed by atoms with Gasteiger partial charge in [0.2, 0.25) is 0 Å². The summed E-state index contributed by atoms with van der Waals surface area (Å²) >= 11 is 0. The number of nitriles is 1. The van der Waals surface area contributed by atoms with Gasteiger partial charge < -0.3 is 16.2 Å². The molecule has 0 radical (unpaired) electrons. The number of pyridine rings is 1. The number of anilines is 1. The number of nitrogens with zero attached hydrogens (tertiary/aromatic N) is 3. The number of hydrogen-bond donors (Lipinski definition) is 3. The molecule has 3 rings (SSSR count). The number of amides is 1. The molecule has 178 valence electrons. The molecule has 0 spiro atoms. The fourth-order valence-corrected chi connectivity index (χ4v) is 2.90. The minimum atomic E-state index is -4.95. The summed E-state index contributed by atoms with van der Waals surface area (Å²) in [6, 6.07) is 13.8. The number of nitrogens with one attached hydrogen (secondary N) is 1. The molecule has 0 fully saturated rings. The lowest BCUT2D eigenvalue weighted by atomic mass is 10.0. The lowest BCUT2D eigenvalue weighted by Crippen LogP contribution is -2.26. The summed E-state index contributed by atoms with van der Waals surface area (Å²) in [5.41, 5.74) is 3.08. The third-order valence-electron chi connectivity index (χ3n) is 4.65. The highest BCUT2D eigenvalue weighted by Crippen LogP contribution is 2.26. The standard InChI is InChI=1S/C24H17F4N5O2/c25-18-5-4-16(22(34)15-6-8-31-9-7-15)11-19(18)33-23(35)20(12-21(30)24(26,27)28)32-17-3-1-2-14(10-17)13-29/h1-12,22,34H,30H2,(H,33,35). The molecule has 1 heterocycles. The molecule has 1 aromatic heterocycles. The number of allylic oxidation sites excluding steroid dienone is 1. The molecule has 0 aliphatic heterocycles. The van der Waals surface area contributed by atoms with Crippen LogP contribution in [0.15, 0.2) is 83.8 Å². The minimum absolute atomic E-state index is 0.00255. The van der Waals surface area contributed by atoms with Crippen LogP contribution in [-0.2, 0) is 4.79 Å². The molecule has 1 atom stereocenters. The van der Waals surface area contributed by atoms with Crippen LogP contribution in [0.3, 0.4) is 0 Å². The Bertz CT molecular complexity index is 1330. The van der Waals surface area contributed by atoms with Gasteiger partial charge in [-0.15, -0.1) is 0 Å². The van der Waals surface area contributed by atoms with E-state index in [2.05, 4.69) is 15.3 Å². The second kappa shape index (κ2) is 10.6. The van der Waals surface area contributed by atoms with E-state index in [9.17, 15) is 27.5 Å². The molecule has 0 saturated carbocycles. The summed E-state index contributed by atoms with van der Waals surface area (Å²) in [5.74, 6) is -2.10. The number of carbonyl (C=O) groups excluding carboxylic acids is 1. The SMILES string of the molecule is N#Cc1cccc(N=C(C=C(N)C(F)(F)F)C(=O)Nc2cc(C(O)c3ccncc3)ccc2F)c1. The van der Waals surface area contributed by atoms with Gasteiger partial charge in [-0.2, -0.15) is 18.4 Å². The molecule has 11 heteroatoms. The van der Waals surface area contributed by atoms with E-state index in [0.717, 1.165) is 12.1 Å². The van der Waals surface area contributed by atoms with Gasteiger partial charge in [0.1, 0.15) is 23.3 Å². The van der Waals surface area contributed by atoms with Crippen LogP contribution >= 0.6 is 0 Å². The van der Waals surface area contributed by atoms with Gasteiger partial charge >= 0.3 is 6.18 Å². The summed E-state index contributed by atoms with van der Waals surface area (Å²) in [6.45, 7) is 0. The molecule has 0 bridgehead atoms. The maximum absolute atomic E-state index is 14.4. The van der Waals surface area contributed by atoms with Crippen molar-refractivity contribution in [3.63, 3.8) is 0 Å². The van der Waals surface area contributed by atoms with Crippen molar-refractivity contribution in [3.8, 4) is 6.07 Å². The highest BCUT2D eigenvalue weighted by atomic mass is 19.4. The van der Waals surface area contributed by atoms with Crippen molar-refractivity contribution >= 4 is 23.0 Å². The Balaban J connectivity index is 1.98. The lowest BCUT2D eigenvalue weighted by Gasteiger charge is -2.14. The average molecular weight is 483 g/mol. The molecule has 4 N–H and O–H groups in total. The number of aliphatic hydroxyl groups is 1. The summed E-state index contributed by atoms with van der Waals surface area (Å²) < 4.78 is 53.5. The number of carbonyl (C=O) groups is 1. The van der Waals surface area contributed by atoms with Gasteiger partial charge in [0.25, 0.3) is 5.91 Å².